The Bertz CT molecular complexity index is 423. The van der Waals surface area contributed by atoms with Crippen LogP contribution in [0.3, 0.4) is 0 Å². The van der Waals surface area contributed by atoms with Gasteiger partial charge in [-0.1, -0.05) is 12.8 Å². The molecule has 2 rings (SSSR count). The maximum atomic E-state index is 12.0. The molecule has 0 aromatic carbocycles. The fourth-order valence-electron chi connectivity index (χ4n) is 2.71. The minimum Gasteiger partial charge on any atom is -0.345 e. The van der Waals surface area contributed by atoms with E-state index in [4.69, 9.17) is 0 Å². The Morgan fingerprint density at radius 1 is 1.58 bits per heavy atom. The smallest absolute Gasteiger partial charge is 0.234 e. The van der Waals surface area contributed by atoms with Gasteiger partial charge in [-0.2, -0.15) is 0 Å². The topological polar surface area (TPSA) is 61.0 Å². The van der Waals surface area contributed by atoms with Gasteiger partial charge in [0.15, 0.2) is 0 Å². The van der Waals surface area contributed by atoms with Gasteiger partial charge >= 0.3 is 0 Å². The number of hydrogen-bond acceptors (Lipinski definition) is 3. The number of likely N-dealkylation sites (N-methyl/N-ethyl adjacent to an activating group) is 1. The minimum atomic E-state index is -0.0711. The lowest BCUT2D eigenvalue weighted by molar-refractivity contribution is -0.123. The molecular weight excluding hydrogens is 240 g/mol. The van der Waals surface area contributed by atoms with Crippen molar-refractivity contribution in [3.05, 3.63) is 17.7 Å². The number of nitrogens with zero attached hydrogens (tertiary/aromatic N) is 2. The molecule has 1 aromatic heterocycles. The molecule has 2 N–H and O–H groups in total. The zero-order valence-electron chi connectivity index (χ0n) is 12.1. The van der Waals surface area contributed by atoms with Crippen molar-refractivity contribution in [3.8, 4) is 0 Å². The van der Waals surface area contributed by atoms with Crippen LogP contribution in [0.5, 0.6) is 0 Å². The second-order valence-corrected chi connectivity index (χ2v) is 5.59. The molecule has 19 heavy (non-hydrogen) atoms. The molecule has 0 bridgehead atoms. The molecule has 1 saturated carbocycles. The van der Waals surface area contributed by atoms with Gasteiger partial charge in [-0.05, 0) is 33.7 Å². The van der Waals surface area contributed by atoms with Crippen molar-refractivity contribution < 1.29 is 4.79 Å². The highest BCUT2D eigenvalue weighted by Crippen LogP contribution is 2.22. The van der Waals surface area contributed by atoms with Crippen LogP contribution in [-0.4, -0.2) is 40.4 Å². The van der Waals surface area contributed by atoms with Crippen LogP contribution in [-0.2, 0) is 4.79 Å². The monoisotopic (exact) mass is 264 g/mol. The molecule has 106 valence electrons. The Labute approximate surface area is 114 Å². The SMILES string of the molecule is Cc1cnc(C(C)NC(=O)CN(C)C2CCCC2)[nH]1. The molecule has 1 fully saturated rings. The highest BCUT2D eigenvalue weighted by molar-refractivity contribution is 5.78. The largest absolute Gasteiger partial charge is 0.345 e. The maximum Gasteiger partial charge on any atom is 0.234 e. The maximum absolute atomic E-state index is 12.0. The van der Waals surface area contributed by atoms with E-state index in [1.807, 2.05) is 20.9 Å². The van der Waals surface area contributed by atoms with E-state index < -0.39 is 0 Å². The molecule has 5 nitrogen and oxygen atoms in total. The Balaban J connectivity index is 1.80. The number of hydrogen-bond donors (Lipinski definition) is 2. The van der Waals surface area contributed by atoms with Crippen molar-refractivity contribution in [1.82, 2.24) is 20.2 Å². The predicted octanol–water partition coefficient (Wildman–Crippen LogP) is 1.77. The van der Waals surface area contributed by atoms with E-state index in [2.05, 4.69) is 20.2 Å². The Kier molecular flexibility index (Phi) is 4.58. The third-order valence-corrected chi connectivity index (χ3v) is 3.85. The van der Waals surface area contributed by atoms with Crippen LogP contribution in [0.2, 0.25) is 0 Å². The van der Waals surface area contributed by atoms with Crippen molar-refractivity contribution in [2.45, 2.75) is 51.6 Å². The zero-order valence-corrected chi connectivity index (χ0v) is 12.1. The van der Waals surface area contributed by atoms with E-state index >= 15 is 0 Å². The molecule has 1 aliphatic carbocycles. The zero-order chi connectivity index (χ0) is 13.8. The molecule has 1 heterocycles. The quantitative estimate of drug-likeness (QED) is 0.852. The first kappa shape index (κ1) is 14.1. The van der Waals surface area contributed by atoms with Gasteiger partial charge in [0.2, 0.25) is 5.91 Å². The number of carbonyl (C=O) groups excluding carboxylic acids is 1. The van der Waals surface area contributed by atoms with Crippen molar-refractivity contribution in [1.29, 1.82) is 0 Å². The fraction of sp³-hybridized carbons (Fsp3) is 0.714. The van der Waals surface area contributed by atoms with Crippen LogP contribution >= 0.6 is 0 Å². The molecule has 0 aliphatic heterocycles. The summed E-state index contributed by atoms with van der Waals surface area (Å²) in [4.78, 5) is 21.6. The summed E-state index contributed by atoms with van der Waals surface area (Å²) >= 11 is 0. The lowest BCUT2D eigenvalue weighted by Crippen LogP contribution is -2.40. The van der Waals surface area contributed by atoms with Crippen LogP contribution in [0.4, 0.5) is 0 Å². The Morgan fingerprint density at radius 2 is 2.26 bits per heavy atom. The standard InChI is InChI=1S/C14H24N4O/c1-10-8-15-14(16-10)11(2)17-13(19)9-18(3)12-6-4-5-7-12/h8,11-12H,4-7,9H2,1-3H3,(H,15,16)(H,17,19). The summed E-state index contributed by atoms with van der Waals surface area (Å²) in [5.74, 6) is 0.880. The number of aryl methyl sites for hydroxylation is 1. The van der Waals surface area contributed by atoms with Crippen LogP contribution in [0.1, 0.15) is 50.2 Å². The van der Waals surface area contributed by atoms with Crippen LogP contribution in [0.25, 0.3) is 0 Å². The summed E-state index contributed by atoms with van der Waals surface area (Å²) in [5.41, 5.74) is 1.01. The van der Waals surface area contributed by atoms with Gasteiger partial charge < -0.3 is 10.3 Å². The molecule has 1 atom stereocenters. The molecule has 0 spiro atoms. The Hall–Kier alpha value is -1.36. The van der Waals surface area contributed by atoms with Gasteiger partial charge in [0.25, 0.3) is 0 Å². The summed E-state index contributed by atoms with van der Waals surface area (Å²) < 4.78 is 0. The van der Waals surface area contributed by atoms with Gasteiger partial charge in [0.1, 0.15) is 5.82 Å². The summed E-state index contributed by atoms with van der Waals surface area (Å²) in [7, 11) is 2.04. The number of H-pyrrole nitrogens is 1. The molecule has 5 heteroatoms. The number of carbonyl (C=O) groups is 1. The van der Waals surface area contributed by atoms with E-state index in [0.29, 0.717) is 12.6 Å². The molecule has 1 aliphatic rings. The predicted molar refractivity (Wildman–Crippen MR) is 74.8 cm³/mol. The lowest BCUT2D eigenvalue weighted by Gasteiger charge is -2.24. The van der Waals surface area contributed by atoms with Crippen molar-refractivity contribution in [2.24, 2.45) is 0 Å². The second kappa shape index (κ2) is 6.19. The molecule has 0 saturated heterocycles. The summed E-state index contributed by atoms with van der Waals surface area (Å²) in [6, 6.07) is 0.505. The number of amides is 1. The molecular formula is C14H24N4O. The third-order valence-electron chi connectivity index (χ3n) is 3.85. The third kappa shape index (κ3) is 3.80. The van der Waals surface area contributed by atoms with Crippen LogP contribution < -0.4 is 5.32 Å². The van der Waals surface area contributed by atoms with E-state index in [1.54, 1.807) is 6.20 Å². The molecule has 1 amide bonds. The highest BCUT2D eigenvalue weighted by Gasteiger charge is 2.22. The fourth-order valence-corrected chi connectivity index (χ4v) is 2.71. The number of nitrogens with one attached hydrogen (secondary N) is 2. The van der Waals surface area contributed by atoms with Gasteiger partial charge in [0.05, 0.1) is 12.6 Å². The van der Waals surface area contributed by atoms with Gasteiger partial charge in [-0.15, -0.1) is 0 Å². The summed E-state index contributed by atoms with van der Waals surface area (Å²) in [5, 5.41) is 2.99. The number of rotatable bonds is 5. The molecule has 0 radical (unpaired) electrons. The Morgan fingerprint density at radius 3 is 2.84 bits per heavy atom. The van der Waals surface area contributed by atoms with Gasteiger partial charge in [-0.25, -0.2) is 4.98 Å². The number of aromatic amines is 1. The van der Waals surface area contributed by atoms with Crippen molar-refractivity contribution in [2.75, 3.05) is 13.6 Å². The first-order valence-corrected chi connectivity index (χ1v) is 7.07. The van der Waals surface area contributed by atoms with Crippen LogP contribution in [0, 0.1) is 6.92 Å². The first-order valence-electron chi connectivity index (χ1n) is 7.07. The van der Waals surface area contributed by atoms with E-state index in [-0.39, 0.29) is 11.9 Å². The number of imidazole rings is 1. The minimum absolute atomic E-state index is 0.0657. The average Bonchev–Trinajstić information content (AvgIpc) is 2.98. The van der Waals surface area contributed by atoms with E-state index in [0.717, 1.165) is 11.5 Å². The summed E-state index contributed by atoms with van der Waals surface area (Å²) in [6.45, 7) is 4.37. The number of aromatic nitrogens is 2. The van der Waals surface area contributed by atoms with Gasteiger partial charge in [-0.3, -0.25) is 9.69 Å². The molecule has 1 aromatic rings. The van der Waals surface area contributed by atoms with Crippen molar-refractivity contribution >= 4 is 5.91 Å². The highest BCUT2D eigenvalue weighted by atomic mass is 16.2. The van der Waals surface area contributed by atoms with E-state index in [9.17, 15) is 4.79 Å². The first-order chi connectivity index (χ1) is 9.06. The molecule has 1 unspecified atom stereocenters. The van der Waals surface area contributed by atoms with Crippen LogP contribution in [0.15, 0.2) is 6.20 Å². The normalized spacial score (nSPS) is 17.9. The van der Waals surface area contributed by atoms with Crippen molar-refractivity contribution in [3.63, 3.8) is 0 Å². The van der Waals surface area contributed by atoms with Gasteiger partial charge in [0, 0.05) is 17.9 Å². The van der Waals surface area contributed by atoms with E-state index in [1.165, 1.54) is 25.7 Å². The second-order valence-electron chi connectivity index (χ2n) is 5.59. The summed E-state index contributed by atoms with van der Waals surface area (Å²) in [6.07, 6.45) is 6.80. The lowest BCUT2D eigenvalue weighted by atomic mass is 10.2. The average molecular weight is 264 g/mol.